The van der Waals surface area contributed by atoms with Crippen molar-refractivity contribution in [2.75, 3.05) is 11.9 Å². The van der Waals surface area contributed by atoms with Crippen LogP contribution in [0.25, 0.3) is 6.08 Å². The van der Waals surface area contributed by atoms with E-state index in [9.17, 15) is 19.5 Å². The van der Waals surface area contributed by atoms with Crippen LogP contribution in [0, 0.1) is 0 Å². The molecule has 1 heterocycles. The number of hydrogen-bond acceptors (Lipinski definition) is 6. The van der Waals surface area contributed by atoms with Crippen molar-refractivity contribution in [1.29, 1.82) is 0 Å². The highest BCUT2D eigenvalue weighted by Crippen LogP contribution is 2.31. The van der Waals surface area contributed by atoms with E-state index in [0.29, 0.717) is 4.91 Å². The summed E-state index contributed by atoms with van der Waals surface area (Å²) in [7, 11) is 0. The Kier molecular flexibility index (Phi) is 6.65. The molecule has 0 radical (unpaired) electrons. The van der Waals surface area contributed by atoms with Crippen molar-refractivity contribution in [2.24, 2.45) is 0 Å². The molecule has 7 nitrogen and oxygen atoms in total. The topological polar surface area (TPSA) is 107 Å². The summed E-state index contributed by atoms with van der Waals surface area (Å²) in [5, 5.41) is 21.1. The minimum Gasteiger partial charge on any atom is -0.507 e. The fraction of sp³-hybridized carbons (Fsp3) is 0.0476. The monoisotopic (exact) mass is 440 g/mol. The summed E-state index contributed by atoms with van der Waals surface area (Å²) in [4.78, 5) is 37.5. The lowest BCUT2D eigenvalue weighted by Gasteiger charge is -2.14. The maximum Gasteiger partial charge on any atom is 0.339 e. The molecule has 30 heavy (non-hydrogen) atoms. The molecule has 0 bridgehead atoms. The summed E-state index contributed by atoms with van der Waals surface area (Å²) in [5.41, 5.74) is 0.826. The molecule has 1 aliphatic heterocycles. The molecule has 0 spiro atoms. The molecular formula is C21H16N2O5S2. The number of carboxylic acid groups (broad SMARTS) is 1. The molecule has 3 rings (SSSR count). The number of allylic oxidation sites excluding steroid dienone is 2. The number of phenols is 1. The number of anilines is 1. The molecule has 3 N–H and O–H groups in total. The molecule has 0 unspecified atom stereocenters. The van der Waals surface area contributed by atoms with E-state index < -0.39 is 17.6 Å². The Hall–Kier alpha value is -3.43. The number of carbonyl (C=O) groups excluding carboxylic acids is 2. The minimum absolute atomic E-state index is 0.182. The van der Waals surface area contributed by atoms with Gasteiger partial charge in [0.05, 0.1) is 4.91 Å². The van der Waals surface area contributed by atoms with Crippen LogP contribution in [0.4, 0.5) is 5.69 Å². The molecular weight excluding hydrogens is 424 g/mol. The summed E-state index contributed by atoms with van der Waals surface area (Å²) in [6, 6.07) is 13.2. The average molecular weight is 441 g/mol. The van der Waals surface area contributed by atoms with Crippen molar-refractivity contribution in [1.82, 2.24) is 4.90 Å². The third-order valence-corrected chi connectivity index (χ3v) is 5.42. The van der Waals surface area contributed by atoms with Gasteiger partial charge in [-0.15, -0.1) is 0 Å². The van der Waals surface area contributed by atoms with Crippen molar-refractivity contribution in [2.45, 2.75) is 0 Å². The SMILES string of the molecule is O=C(CN1C(=O)/C(=C/C=C/c2ccccc2)SC1=S)Nc1ccc(O)c(C(=O)O)c1. The van der Waals surface area contributed by atoms with Gasteiger partial charge in [-0.25, -0.2) is 4.79 Å². The van der Waals surface area contributed by atoms with E-state index in [1.807, 2.05) is 36.4 Å². The van der Waals surface area contributed by atoms with Crippen LogP contribution < -0.4 is 5.32 Å². The van der Waals surface area contributed by atoms with E-state index in [2.05, 4.69) is 5.32 Å². The number of nitrogens with one attached hydrogen (secondary N) is 1. The number of aromatic carboxylic acids is 1. The second-order valence-corrected chi connectivity index (χ2v) is 7.82. The van der Waals surface area contributed by atoms with Crippen LogP contribution in [0.2, 0.25) is 0 Å². The Balaban J connectivity index is 1.64. The zero-order valence-electron chi connectivity index (χ0n) is 15.4. The van der Waals surface area contributed by atoms with E-state index in [1.165, 1.54) is 17.0 Å². The summed E-state index contributed by atoms with van der Waals surface area (Å²) < 4.78 is 0.256. The fourth-order valence-corrected chi connectivity index (χ4v) is 3.80. The van der Waals surface area contributed by atoms with Gasteiger partial charge in [0.2, 0.25) is 5.91 Å². The van der Waals surface area contributed by atoms with Gasteiger partial charge in [0, 0.05) is 5.69 Å². The average Bonchev–Trinajstić information content (AvgIpc) is 2.97. The molecule has 152 valence electrons. The summed E-state index contributed by atoms with van der Waals surface area (Å²) in [5.74, 6) is -2.66. The number of thioether (sulfide) groups is 1. The number of rotatable bonds is 6. The van der Waals surface area contributed by atoms with E-state index in [-0.39, 0.29) is 28.0 Å². The smallest absolute Gasteiger partial charge is 0.339 e. The first kappa shape index (κ1) is 21.3. The lowest BCUT2D eigenvalue weighted by atomic mass is 10.2. The van der Waals surface area contributed by atoms with Crippen LogP contribution >= 0.6 is 24.0 Å². The highest BCUT2D eigenvalue weighted by molar-refractivity contribution is 8.26. The summed E-state index contributed by atoms with van der Waals surface area (Å²) in [6.07, 6.45) is 5.24. The molecule has 2 amide bonds. The van der Waals surface area contributed by atoms with Crippen LogP contribution in [0.15, 0.2) is 65.6 Å². The largest absolute Gasteiger partial charge is 0.507 e. The van der Waals surface area contributed by atoms with Gasteiger partial charge in [-0.3, -0.25) is 14.5 Å². The van der Waals surface area contributed by atoms with Crippen molar-refractivity contribution in [3.63, 3.8) is 0 Å². The lowest BCUT2D eigenvalue weighted by Crippen LogP contribution is -2.36. The second-order valence-electron chi connectivity index (χ2n) is 6.15. The summed E-state index contributed by atoms with van der Waals surface area (Å²) >= 11 is 6.31. The van der Waals surface area contributed by atoms with Gasteiger partial charge in [-0.05, 0) is 29.8 Å². The number of aromatic hydroxyl groups is 1. The van der Waals surface area contributed by atoms with Gasteiger partial charge in [0.25, 0.3) is 5.91 Å². The number of amides is 2. The molecule has 2 aromatic rings. The predicted octanol–water partition coefficient (Wildman–Crippen LogP) is 3.49. The lowest BCUT2D eigenvalue weighted by molar-refractivity contribution is -0.126. The molecule has 0 atom stereocenters. The van der Waals surface area contributed by atoms with E-state index in [4.69, 9.17) is 17.3 Å². The van der Waals surface area contributed by atoms with E-state index >= 15 is 0 Å². The highest BCUT2D eigenvalue weighted by Gasteiger charge is 2.33. The van der Waals surface area contributed by atoms with Crippen molar-refractivity contribution >= 4 is 57.8 Å². The Morgan fingerprint density at radius 1 is 1.17 bits per heavy atom. The Labute approximate surface area is 181 Å². The molecule has 0 aromatic heterocycles. The predicted molar refractivity (Wildman–Crippen MR) is 119 cm³/mol. The van der Waals surface area contributed by atoms with E-state index in [1.54, 1.807) is 12.2 Å². The number of thiocarbonyl (C=S) groups is 1. The zero-order chi connectivity index (χ0) is 21.7. The first-order chi connectivity index (χ1) is 14.3. The number of hydrogen-bond donors (Lipinski definition) is 3. The number of nitrogens with zero attached hydrogens (tertiary/aromatic N) is 1. The first-order valence-corrected chi connectivity index (χ1v) is 9.91. The van der Waals surface area contributed by atoms with Crippen molar-refractivity contribution in [3.8, 4) is 5.75 Å². The van der Waals surface area contributed by atoms with E-state index in [0.717, 1.165) is 23.4 Å². The highest BCUT2D eigenvalue weighted by atomic mass is 32.2. The third kappa shape index (κ3) is 5.13. The molecule has 0 aliphatic carbocycles. The minimum atomic E-state index is -1.32. The molecule has 9 heteroatoms. The fourth-order valence-electron chi connectivity index (χ4n) is 2.59. The quantitative estimate of drug-likeness (QED) is 0.359. The van der Waals surface area contributed by atoms with Gasteiger partial charge in [-0.1, -0.05) is 66.5 Å². The Bertz CT molecular complexity index is 1080. The van der Waals surface area contributed by atoms with Gasteiger partial charge < -0.3 is 15.5 Å². The molecule has 1 fully saturated rings. The third-order valence-electron chi connectivity index (χ3n) is 4.02. The summed E-state index contributed by atoms with van der Waals surface area (Å²) in [6.45, 7) is -0.312. The van der Waals surface area contributed by atoms with Crippen LogP contribution in [0.5, 0.6) is 5.75 Å². The number of benzene rings is 2. The zero-order valence-corrected chi connectivity index (χ0v) is 17.1. The Morgan fingerprint density at radius 2 is 1.90 bits per heavy atom. The molecule has 1 saturated heterocycles. The van der Waals surface area contributed by atoms with Crippen molar-refractivity contribution in [3.05, 3.63) is 76.7 Å². The van der Waals surface area contributed by atoms with Crippen LogP contribution in [-0.4, -0.2) is 43.8 Å². The van der Waals surface area contributed by atoms with Gasteiger partial charge in [0.15, 0.2) is 0 Å². The normalized spacial score (nSPS) is 15.2. The van der Waals surface area contributed by atoms with Crippen LogP contribution in [0.1, 0.15) is 15.9 Å². The number of carboxylic acids is 1. The molecule has 0 saturated carbocycles. The van der Waals surface area contributed by atoms with Crippen LogP contribution in [0.3, 0.4) is 0 Å². The molecule has 2 aromatic carbocycles. The second kappa shape index (κ2) is 9.38. The number of carbonyl (C=O) groups is 3. The standard InChI is InChI=1S/C21H16N2O5S2/c24-16-10-9-14(11-15(16)20(27)28)22-18(25)12-23-19(26)17(30-21(23)29)8-4-7-13-5-2-1-3-6-13/h1-11,24H,12H2,(H,22,25)(H,27,28)/b7-4+,17-8-. The van der Waals surface area contributed by atoms with Gasteiger partial charge in [-0.2, -0.15) is 0 Å². The maximum absolute atomic E-state index is 12.6. The van der Waals surface area contributed by atoms with Crippen molar-refractivity contribution < 1.29 is 24.6 Å². The Morgan fingerprint density at radius 3 is 2.60 bits per heavy atom. The molecule has 1 aliphatic rings. The first-order valence-electron chi connectivity index (χ1n) is 8.68. The van der Waals surface area contributed by atoms with Gasteiger partial charge in [0.1, 0.15) is 22.2 Å². The van der Waals surface area contributed by atoms with Gasteiger partial charge >= 0.3 is 5.97 Å². The maximum atomic E-state index is 12.6. The van der Waals surface area contributed by atoms with Crippen LogP contribution in [-0.2, 0) is 9.59 Å².